The van der Waals surface area contributed by atoms with Crippen LogP contribution in [0.4, 0.5) is 13.2 Å². The number of Topliss-reactive ketones (excluding diaryl/α,β-unsaturated/α-hetero) is 1. The Morgan fingerprint density at radius 1 is 1.03 bits per heavy atom. The molecular formula is C22H28F3N3O3. The average molecular weight is 439 g/mol. The minimum Gasteiger partial charge on any atom is -0.511 e. The van der Waals surface area contributed by atoms with Crippen LogP contribution in [0, 0.1) is 0 Å². The van der Waals surface area contributed by atoms with Crippen LogP contribution in [-0.4, -0.2) is 84.4 Å². The molecule has 0 radical (unpaired) electrons. The molecule has 1 aliphatic heterocycles. The lowest BCUT2D eigenvalue weighted by Crippen LogP contribution is -2.47. The summed E-state index contributed by atoms with van der Waals surface area (Å²) in [5.41, 5.74) is 0.0564. The van der Waals surface area contributed by atoms with E-state index in [1.54, 1.807) is 0 Å². The number of aliphatic hydroxyl groups is 2. The number of rotatable bonds is 7. The second kappa shape index (κ2) is 10.4. The lowest BCUT2D eigenvalue weighted by molar-refractivity contribution is -0.137. The molecule has 0 saturated carbocycles. The fourth-order valence-corrected chi connectivity index (χ4v) is 3.97. The molecule has 1 saturated heterocycles. The number of ketones is 1. The summed E-state index contributed by atoms with van der Waals surface area (Å²) in [5, 5.41) is 19.3. The van der Waals surface area contributed by atoms with Crippen molar-refractivity contribution < 1.29 is 28.2 Å². The predicted molar refractivity (Wildman–Crippen MR) is 111 cm³/mol. The number of benzene rings is 1. The van der Waals surface area contributed by atoms with E-state index in [1.807, 2.05) is 0 Å². The van der Waals surface area contributed by atoms with Crippen LogP contribution in [0.1, 0.15) is 29.9 Å². The summed E-state index contributed by atoms with van der Waals surface area (Å²) < 4.78 is 38.2. The minimum absolute atomic E-state index is 0.0671. The summed E-state index contributed by atoms with van der Waals surface area (Å²) in [5.74, 6) is -0.667. The smallest absolute Gasteiger partial charge is 0.416 e. The van der Waals surface area contributed by atoms with Gasteiger partial charge in [-0.05, 0) is 23.6 Å². The van der Waals surface area contributed by atoms with Crippen LogP contribution >= 0.6 is 0 Å². The molecule has 0 spiro atoms. The maximum Gasteiger partial charge on any atom is 0.416 e. The first kappa shape index (κ1) is 23.4. The summed E-state index contributed by atoms with van der Waals surface area (Å²) in [6.45, 7) is 5.71. The summed E-state index contributed by atoms with van der Waals surface area (Å²) in [6.07, 6.45) is -2.66. The van der Waals surface area contributed by atoms with Crippen LogP contribution in [0.25, 0.3) is 0 Å². The molecule has 1 aromatic carbocycles. The Morgan fingerprint density at radius 3 is 2.19 bits per heavy atom. The van der Waals surface area contributed by atoms with Crippen LogP contribution in [0.2, 0.25) is 0 Å². The van der Waals surface area contributed by atoms with Crippen molar-refractivity contribution in [3.05, 3.63) is 46.7 Å². The zero-order valence-corrected chi connectivity index (χ0v) is 17.3. The van der Waals surface area contributed by atoms with E-state index in [4.69, 9.17) is 5.11 Å². The zero-order valence-electron chi connectivity index (χ0n) is 17.3. The predicted octanol–water partition coefficient (Wildman–Crippen LogP) is 2.64. The largest absolute Gasteiger partial charge is 0.511 e. The third kappa shape index (κ3) is 6.38. The first-order valence-corrected chi connectivity index (χ1v) is 10.5. The number of nitrogens with zero attached hydrogens (tertiary/aromatic N) is 3. The average Bonchev–Trinajstić information content (AvgIpc) is 2.73. The third-order valence-corrected chi connectivity index (χ3v) is 5.84. The fourth-order valence-electron chi connectivity index (χ4n) is 3.97. The zero-order chi connectivity index (χ0) is 22.4. The monoisotopic (exact) mass is 439 g/mol. The number of halogens is 3. The second-order valence-corrected chi connectivity index (χ2v) is 7.95. The highest BCUT2D eigenvalue weighted by Gasteiger charge is 2.32. The van der Waals surface area contributed by atoms with Gasteiger partial charge in [0.25, 0.3) is 0 Å². The molecule has 170 valence electrons. The van der Waals surface area contributed by atoms with Gasteiger partial charge in [0.05, 0.1) is 24.3 Å². The van der Waals surface area contributed by atoms with E-state index in [-0.39, 0.29) is 42.5 Å². The molecule has 2 N–H and O–H groups in total. The number of aliphatic hydroxyl groups excluding tert-OH is 2. The minimum atomic E-state index is -4.40. The SMILES string of the molecule is O=C1CC(c2ccc(C(F)(F)F)cc2)CC(O)=C1C=NCCN1CCN(CCO)CC1. The molecule has 3 rings (SSSR count). The van der Waals surface area contributed by atoms with Crippen molar-refractivity contribution >= 4 is 12.0 Å². The molecule has 9 heteroatoms. The van der Waals surface area contributed by atoms with Gasteiger partial charge in [-0.3, -0.25) is 19.6 Å². The summed E-state index contributed by atoms with van der Waals surface area (Å²) in [6, 6.07) is 4.74. The lowest BCUT2D eigenvalue weighted by atomic mass is 9.82. The van der Waals surface area contributed by atoms with E-state index < -0.39 is 11.7 Å². The highest BCUT2D eigenvalue weighted by Crippen LogP contribution is 2.35. The van der Waals surface area contributed by atoms with Gasteiger partial charge in [-0.25, -0.2) is 0 Å². The van der Waals surface area contributed by atoms with E-state index in [1.165, 1.54) is 18.3 Å². The van der Waals surface area contributed by atoms with Gasteiger partial charge >= 0.3 is 6.18 Å². The van der Waals surface area contributed by atoms with Gasteiger partial charge in [-0.1, -0.05) is 12.1 Å². The van der Waals surface area contributed by atoms with E-state index in [9.17, 15) is 23.1 Å². The van der Waals surface area contributed by atoms with Crippen molar-refractivity contribution in [3.63, 3.8) is 0 Å². The molecule has 6 nitrogen and oxygen atoms in total. The number of piperazine rings is 1. The van der Waals surface area contributed by atoms with Gasteiger partial charge in [0, 0.05) is 58.3 Å². The summed E-state index contributed by atoms with van der Waals surface area (Å²) in [4.78, 5) is 21.3. The van der Waals surface area contributed by atoms with Gasteiger partial charge in [0.15, 0.2) is 5.78 Å². The molecule has 31 heavy (non-hydrogen) atoms. The molecular weight excluding hydrogens is 411 g/mol. The van der Waals surface area contributed by atoms with E-state index in [2.05, 4.69) is 14.8 Å². The number of carbonyl (C=O) groups excluding carboxylic acids is 1. The van der Waals surface area contributed by atoms with E-state index in [0.29, 0.717) is 18.7 Å². The molecule has 1 aromatic rings. The second-order valence-electron chi connectivity index (χ2n) is 7.95. The van der Waals surface area contributed by atoms with Crippen LogP contribution in [-0.2, 0) is 11.0 Å². The normalized spacial score (nSPS) is 21.9. The molecule has 1 aliphatic carbocycles. The van der Waals surface area contributed by atoms with Crippen LogP contribution < -0.4 is 0 Å². The van der Waals surface area contributed by atoms with E-state index >= 15 is 0 Å². The molecule has 0 aromatic heterocycles. The van der Waals surface area contributed by atoms with Crippen molar-refractivity contribution in [3.8, 4) is 0 Å². The Hall–Kier alpha value is -2.23. The number of carbonyl (C=O) groups is 1. The highest BCUT2D eigenvalue weighted by atomic mass is 19.4. The van der Waals surface area contributed by atoms with Gasteiger partial charge in [0.1, 0.15) is 5.76 Å². The topological polar surface area (TPSA) is 76.4 Å². The van der Waals surface area contributed by atoms with Crippen LogP contribution in [0.3, 0.4) is 0 Å². The Labute approximate surface area is 179 Å². The van der Waals surface area contributed by atoms with Gasteiger partial charge in [-0.2, -0.15) is 13.2 Å². The maximum atomic E-state index is 12.7. The number of alkyl halides is 3. The van der Waals surface area contributed by atoms with Crippen LogP contribution in [0.15, 0.2) is 40.6 Å². The summed E-state index contributed by atoms with van der Waals surface area (Å²) in [7, 11) is 0. The Morgan fingerprint density at radius 2 is 1.65 bits per heavy atom. The molecule has 1 heterocycles. The molecule has 1 unspecified atom stereocenters. The number of hydrogen-bond donors (Lipinski definition) is 2. The van der Waals surface area contributed by atoms with Crippen LogP contribution in [0.5, 0.6) is 0 Å². The number of β-amino-alcohol motifs (C(OH)–C–C–N with tert-alkyl or cyclic N) is 1. The van der Waals surface area contributed by atoms with Gasteiger partial charge in [0.2, 0.25) is 0 Å². The quantitative estimate of drug-likeness (QED) is 0.639. The van der Waals surface area contributed by atoms with Gasteiger partial charge in [-0.15, -0.1) is 0 Å². The number of allylic oxidation sites excluding steroid dienone is 2. The molecule has 0 amide bonds. The fraction of sp³-hybridized carbons (Fsp3) is 0.545. The summed E-state index contributed by atoms with van der Waals surface area (Å²) >= 11 is 0. The number of aliphatic imine (C=N–C) groups is 1. The Bertz CT molecular complexity index is 814. The van der Waals surface area contributed by atoms with Crippen molar-refractivity contribution in [2.24, 2.45) is 4.99 Å². The van der Waals surface area contributed by atoms with Crippen molar-refractivity contribution in [2.75, 3.05) is 52.4 Å². The van der Waals surface area contributed by atoms with Crippen molar-refractivity contribution in [1.82, 2.24) is 9.80 Å². The standard InChI is InChI=1S/C22H28F3N3O3/c23-22(24,25)18-3-1-16(2-4-18)17-13-20(30)19(21(31)14-17)15-26-5-6-27-7-9-28(10-8-27)11-12-29/h1-4,15,17,29-30H,5-14H2. The Kier molecular flexibility index (Phi) is 7.85. The number of hydrogen-bond acceptors (Lipinski definition) is 6. The third-order valence-electron chi connectivity index (χ3n) is 5.84. The molecule has 1 atom stereocenters. The van der Waals surface area contributed by atoms with Crippen molar-refractivity contribution in [2.45, 2.75) is 24.9 Å². The molecule has 2 aliphatic rings. The van der Waals surface area contributed by atoms with E-state index in [0.717, 1.165) is 44.9 Å². The van der Waals surface area contributed by atoms with Crippen molar-refractivity contribution in [1.29, 1.82) is 0 Å². The maximum absolute atomic E-state index is 12.7. The Balaban J connectivity index is 1.52. The lowest BCUT2D eigenvalue weighted by Gasteiger charge is -2.33. The first-order chi connectivity index (χ1) is 14.8. The first-order valence-electron chi connectivity index (χ1n) is 10.5. The highest BCUT2D eigenvalue weighted by molar-refractivity contribution is 6.14. The molecule has 0 bridgehead atoms. The molecule has 1 fully saturated rings. The van der Waals surface area contributed by atoms with Gasteiger partial charge < -0.3 is 10.2 Å².